The van der Waals surface area contributed by atoms with E-state index in [0.29, 0.717) is 0 Å². The molecule has 2 nitrogen and oxygen atoms in total. The molecule has 0 saturated carbocycles. The number of phenols is 1. The van der Waals surface area contributed by atoms with Crippen LogP contribution in [0.15, 0.2) is 10.5 Å². The maximum atomic E-state index is 13.5. The standard InChI is InChI=1S/C9H10BrF2NO/c1-9(2,13)6-4(11)3-5(14)7(10)8(6)12/h3,14H,13H2,1-2H3. The summed E-state index contributed by atoms with van der Waals surface area (Å²) in [5, 5.41) is 9.10. The van der Waals surface area contributed by atoms with E-state index in [4.69, 9.17) is 10.8 Å². The van der Waals surface area contributed by atoms with Gasteiger partial charge < -0.3 is 10.8 Å². The van der Waals surface area contributed by atoms with Gasteiger partial charge in [-0.05, 0) is 29.8 Å². The van der Waals surface area contributed by atoms with Crippen molar-refractivity contribution in [2.24, 2.45) is 5.73 Å². The SMILES string of the molecule is CC(C)(N)c1c(F)cc(O)c(Br)c1F. The van der Waals surface area contributed by atoms with Crippen molar-refractivity contribution in [1.29, 1.82) is 0 Å². The highest BCUT2D eigenvalue weighted by molar-refractivity contribution is 9.10. The fraction of sp³-hybridized carbons (Fsp3) is 0.333. The Labute approximate surface area is 88.9 Å². The Morgan fingerprint density at radius 2 is 1.93 bits per heavy atom. The molecule has 0 aliphatic carbocycles. The summed E-state index contributed by atoms with van der Waals surface area (Å²) in [6, 6.07) is 0.830. The maximum absolute atomic E-state index is 13.5. The van der Waals surface area contributed by atoms with Crippen LogP contribution in [0.2, 0.25) is 0 Å². The van der Waals surface area contributed by atoms with Crippen LogP contribution in [0.4, 0.5) is 8.78 Å². The summed E-state index contributed by atoms with van der Waals surface area (Å²) in [6.07, 6.45) is 0. The highest BCUT2D eigenvalue weighted by Crippen LogP contribution is 2.34. The average Bonchev–Trinajstić information content (AvgIpc) is 1.97. The minimum Gasteiger partial charge on any atom is -0.507 e. The number of benzene rings is 1. The van der Waals surface area contributed by atoms with Gasteiger partial charge in [0, 0.05) is 17.2 Å². The summed E-state index contributed by atoms with van der Waals surface area (Å²) in [5.74, 6) is -2.20. The van der Waals surface area contributed by atoms with Gasteiger partial charge in [0.05, 0.1) is 4.47 Å². The number of rotatable bonds is 1. The third-order valence-electron chi connectivity index (χ3n) is 1.78. The zero-order chi connectivity index (χ0) is 11.1. The van der Waals surface area contributed by atoms with E-state index in [1.165, 1.54) is 13.8 Å². The second-order valence-corrected chi connectivity index (χ2v) is 4.40. The van der Waals surface area contributed by atoms with Crippen LogP contribution in [0.1, 0.15) is 19.4 Å². The van der Waals surface area contributed by atoms with Gasteiger partial charge in [-0.1, -0.05) is 0 Å². The Balaban J connectivity index is 3.53. The Kier molecular flexibility index (Phi) is 2.83. The largest absolute Gasteiger partial charge is 0.507 e. The molecule has 0 aliphatic rings. The number of aromatic hydroxyl groups is 1. The number of nitrogens with two attached hydrogens (primary N) is 1. The van der Waals surface area contributed by atoms with Gasteiger partial charge in [-0.3, -0.25) is 0 Å². The van der Waals surface area contributed by atoms with E-state index >= 15 is 0 Å². The lowest BCUT2D eigenvalue weighted by atomic mass is 9.94. The molecular formula is C9H10BrF2NO. The summed E-state index contributed by atoms with van der Waals surface area (Å²) >= 11 is 2.81. The first-order chi connectivity index (χ1) is 6.25. The van der Waals surface area contributed by atoms with Crippen molar-refractivity contribution in [2.75, 3.05) is 0 Å². The van der Waals surface area contributed by atoms with Gasteiger partial charge in [0.15, 0.2) is 0 Å². The molecular weight excluding hydrogens is 256 g/mol. The molecule has 78 valence electrons. The smallest absolute Gasteiger partial charge is 0.149 e. The molecule has 14 heavy (non-hydrogen) atoms. The van der Waals surface area contributed by atoms with E-state index in [-0.39, 0.29) is 10.0 Å². The van der Waals surface area contributed by atoms with E-state index in [0.717, 1.165) is 6.07 Å². The van der Waals surface area contributed by atoms with Crippen LogP contribution in [0, 0.1) is 11.6 Å². The second kappa shape index (κ2) is 3.47. The van der Waals surface area contributed by atoms with Crippen molar-refractivity contribution in [3.8, 4) is 5.75 Å². The Morgan fingerprint density at radius 3 is 2.36 bits per heavy atom. The third-order valence-corrected chi connectivity index (χ3v) is 2.54. The van der Waals surface area contributed by atoms with Crippen LogP contribution in [0.3, 0.4) is 0 Å². The topological polar surface area (TPSA) is 46.2 Å². The second-order valence-electron chi connectivity index (χ2n) is 3.60. The summed E-state index contributed by atoms with van der Waals surface area (Å²) in [4.78, 5) is 0. The molecule has 0 bridgehead atoms. The molecule has 0 atom stereocenters. The molecule has 0 heterocycles. The first-order valence-electron chi connectivity index (χ1n) is 3.91. The van der Waals surface area contributed by atoms with Crippen LogP contribution in [0.5, 0.6) is 5.75 Å². The van der Waals surface area contributed by atoms with Crippen molar-refractivity contribution in [1.82, 2.24) is 0 Å². The van der Waals surface area contributed by atoms with E-state index in [1.54, 1.807) is 0 Å². The summed E-state index contributed by atoms with van der Waals surface area (Å²) in [5.41, 5.74) is 4.21. The molecule has 0 aromatic heterocycles. The van der Waals surface area contributed by atoms with Gasteiger partial charge >= 0.3 is 0 Å². The molecule has 0 saturated heterocycles. The predicted octanol–water partition coefficient (Wildman–Crippen LogP) is 2.63. The molecule has 0 radical (unpaired) electrons. The van der Waals surface area contributed by atoms with Crippen molar-refractivity contribution < 1.29 is 13.9 Å². The number of hydrogen-bond donors (Lipinski definition) is 2. The van der Waals surface area contributed by atoms with E-state index in [1.807, 2.05) is 0 Å². The van der Waals surface area contributed by atoms with Crippen LogP contribution in [-0.2, 0) is 5.54 Å². The molecule has 3 N–H and O–H groups in total. The maximum Gasteiger partial charge on any atom is 0.149 e. The van der Waals surface area contributed by atoms with Crippen LogP contribution < -0.4 is 5.73 Å². The quantitative estimate of drug-likeness (QED) is 0.767. The van der Waals surface area contributed by atoms with Crippen LogP contribution in [0.25, 0.3) is 0 Å². The molecule has 1 aromatic carbocycles. The molecule has 0 spiro atoms. The molecule has 0 amide bonds. The molecule has 1 rings (SSSR count). The van der Waals surface area contributed by atoms with E-state index < -0.39 is 22.9 Å². The van der Waals surface area contributed by atoms with Gasteiger partial charge in [0.2, 0.25) is 0 Å². The lowest BCUT2D eigenvalue weighted by Crippen LogP contribution is -2.31. The van der Waals surface area contributed by atoms with Gasteiger partial charge in [0.25, 0.3) is 0 Å². The molecule has 0 fully saturated rings. The summed E-state index contributed by atoms with van der Waals surface area (Å²) in [7, 11) is 0. The predicted molar refractivity (Wildman–Crippen MR) is 52.9 cm³/mol. The molecule has 0 unspecified atom stereocenters. The van der Waals surface area contributed by atoms with Crippen molar-refractivity contribution in [3.63, 3.8) is 0 Å². The zero-order valence-corrected chi connectivity index (χ0v) is 9.32. The van der Waals surface area contributed by atoms with E-state index in [2.05, 4.69) is 15.9 Å². The Hall–Kier alpha value is -0.680. The van der Waals surface area contributed by atoms with Crippen LogP contribution in [-0.4, -0.2) is 5.11 Å². The number of phenolic OH excluding ortho intramolecular Hbond substituents is 1. The fourth-order valence-corrected chi connectivity index (χ4v) is 1.49. The first kappa shape index (κ1) is 11.4. The lowest BCUT2D eigenvalue weighted by Gasteiger charge is -2.21. The minimum atomic E-state index is -1.13. The summed E-state index contributed by atoms with van der Waals surface area (Å²) in [6.45, 7) is 2.97. The van der Waals surface area contributed by atoms with Gasteiger partial charge in [-0.25, -0.2) is 8.78 Å². The lowest BCUT2D eigenvalue weighted by molar-refractivity contribution is 0.426. The normalized spacial score (nSPS) is 11.9. The van der Waals surface area contributed by atoms with Gasteiger partial charge in [-0.15, -0.1) is 0 Å². The van der Waals surface area contributed by atoms with Crippen molar-refractivity contribution in [3.05, 3.63) is 27.7 Å². The van der Waals surface area contributed by atoms with Gasteiger partial charge in [-0.2, -0.15) is 0 Å². The molecule has 5 heteroatoms. The fourth-order valence-electron chi connectivity index (χ4n) is 1.17. The van der Waals surface area contributed by atoms with Gasteiger partial charge in [0.1, 0.15) is 17.4 Å². The third kappa shape index (κ3) is 1.88. The first-order valence-corrected chi connectivity index (χ1v) is 4.70. The average molecular weight is 266 g/mol. The minimum absolute atomic E-state index is 0.174. The highest BCUT2D eigenvalue weighted by atomic mass is 79.9. The zero-order valence-electron chi connectivity index (χ0n) is 7.74. The number of hydrogen-bond acceptors (Lipinski definition) is 2. The van der Waals surface area contributed by atoms with Crippen molar-refractivity contribution >= 4 is 15.9 Å². The summed E-state index contributed by atoms with van der Waals surface area (Å²) < 4.78 is 26.6. The molecule has 1 aromatic rings. The Morgan fingerprint density at radius 1 is 1.43 bits per heavy atom. The monoisotopic (exact) mass is 265 g/mol. The Bertz CT molecular complexity index is 374. The van der Waals surface area contributed by atoms with Crippen molar-refractivity contribution in [2.45, 2.75) is 19.4 Å². The van der Waals surface area contributed by atoms with Crippen LogP contribution >= 0.6 is 15.9 Å². The number of halogens is 3. The highest BCUT2D eigenvalue weighted by Gasteiger charge is 2.26. The van der Waals surface area contributed by atoms with E-state index in [9.17, 15) is 8.78 Å². The molecule has 0 aliphatic heterocycles.